The van der Waals surface area contributed by atoms with Gasteiger partial charge in [0.1, 0.15) is 10.2 Å². The normalized spacial score (nSPS) is 11.7. The van der Waals surface area contributed by atoms with Crippen LogP contribution in [0.1, 0.15) is 32.3 Å². The molecule has 0 heterocycles. The molecule has 0 bridgehead atoms. The average molecular weight is 250 g/mol. The highest BCUT2D eigenvalue weighted by atomic mass is 28.1. The number of hydrogen-bond donors (Lipinski definition) is 1. The second-order valence-corrected chi connectivity index (χ2v) is 4.60. The number of benzene rings is 1. The van der Waals surface area contributed by atoms with E-state index in [1.807, 2.05) is 24.3 Å². The Bertz CT molecular complexity index is 336. The number of nitrogens with two attached hydrogens (primary N) is 1. The lowest BCUT2D eigenvalue weighted by Crippen LogP contribution is -2.34. The molecule has 0 spiro atoms. The predicted molar refractivity (Wildman–Crippen MR) is 70.8 cm³/mol. The second-order valence-electron chi connectivity index (χ2n) is 3.94. The van der Waals surface area contributed by atoms with Crippen LogP contribution in [0.3, 0.4) is 0 Å². The predicted octanol–water partition coefficient (Wildman–Crippen LogP) is 2.40. The molecular weight excluding hydrogens is 230 g/mol. The van der Waals surface area contributed by atoms with Crippen molar-refractivity contribution in [3.63, 3.8) is 0 Å². The first kappa shape index (κ1) is 14.2. The van der Waals surface area contributed by atoms with Crippen LogP contribution in [-0.2, 0) is 14.9 Å². The molecule has 0 saturated carbocycles. The molecule has 0 atom stereocenters. The minimum atomic E-state index is -0.888. The standard InChI is InChI=1S/C13H20NO2Si/c1-3-8-15-13(17,16-9-4-2)11-6-5-7-12(14)10-11/h5-7,10H,3-4,8-9,14H2,1-2H3. The molecule has 1 rings (SSSR count). The molecule has 93 valence electrons. The summed E-state index contributed by atoms with van der Waals surface area (Å²) in [6.45, 7) is 5.38. The third kappa shape index (κ3) is 4.15. The van der Waals surface area contributed by atoms with Crippen molar-refractivity contribution in [3.8, 4) is 0 Å². The Labute approximate surface area is 107 Å². The van der Waals surface area contributed by atoms with Crippen molar-refractivity contribution in [2.24, 2.45) is 0 Å². The van der Waals surface area contributed by atoms with Gasteiger partial charge in [0.2, 0.25) is 0 Å². The Kier molecular flexibility index (Phi) is 5.68. The van der Waals surface area contributed by atoms with Gasteiger partial charge < -0.3 is 15.2 Å². The number of hydrogen-bond acceptors (Lipinski definition) is 3. The van der Waals surface area contributed by atoms with Crippen molar-refractivity contribution in [1.82, 2.24) is 0 Å². The molecule has 0 amide bonds. The lowest BCUT2D eigenvalue weighted by atomic mass is 10.2. The zero-order chi connectivity index (χ0) is 12.7. The van der Waals surface area contributed by atoms with Crippen molar-refractivity contribution in [1.29, 1.82) is 0 Å². The van der Waals surface area contributed by atoms with Crippen molar-refractivity contribution >= 4 is 15.9 Å². The summed E-state index contributed by atoms with van der Waals surface area (Å²) in [5.41, 5.74) is 6.48. The van der Waals surface area contributed by atoms with Crippen molar-refractivity contribution < 1.29 is 9.47 Å². The number of rotatable bonds is 7. The first-order chi connectivity index (χ1) is 8.12. The molecular formula is C13H20NO2Si. The molecule has 3 radical (unpaired) electrons. The molecule has 17 heavy (non-hydrogen) atoms. The highest BCUT2D eigenvalue weighted by molar-refractivity contribution is 6.13. The maximum absolute atomic E-state index is 5.78. The molecule has 4 heteroatoms. The molecule has 0 aliphatic carbocycles. The third-order valence-corrected chi connectivity index (χ3v) is 2.86. The molecule has 3 nitrogen and oxygen atoms in total. The molecule has 0 saturated heterocycles. The quantitative estimate of drug-likeness (QED) is 0.459. The largest absolute Gasteiger partial charge is 0.399 e. The zero-order valence-electron chi connectivity index (χ0n) is 10.5. The smallest absolute Gasteiger partial charge is 0.169 e. The monoisotopic (exact) mass is 250 g/mol. The molecule has 0 fully saturated rings. The Balaban J connectivity index is 2.87. The molecule has 0 aliphatic heterocycles. The van der Waals surface area contributed by atoms with Gasteiger partial charge in [0.15, 0.2) is 5.41 Å². The van der Waals surface area contributed by atoms with E-state index in [4.69, 9.17) is 15.2 Å². The topological polar surface area (TPSA) is 44.5 Å². The fourth-order valence-corrected chi connectivity index (χ4v) is 1.80. The van der Waals surface area contributed by atoms with Gasteiger partial charge in [0.05, 0.1) is 0 Å². The van der Waals surface area contributed by atoms with Gasteiger partial charge in [-0.1, -0.05) is 26.0 Å². The lowest BCUT2D eigenvalue weighted by Gasteiger charge is -2.30. The summed E-state index contributed by atoms with van der Waals surface area (Å²) < 4.78 is 11.5. The van der Waals surface area contributed by atoms with Crippen LogP contribution in [0.5, 0.6) is 0 Å². The third-order valence-electron chi connectivity index (χ3n) is 2.29. The summed E-state index contributed by atoms with van der Waals surface area (Å²) >= 11 is 0. The summed E-state index contributed by atoms with van der Waals surface area (Å²) in [6, 6.07) is 7.53. The van der Waals surface area contributed by atoms with E-state index >= 15 is 0 Å². The minimum absolute atomic E-state index is 0.627. The summed E-state index contributed by atoms with van der Waals surface area (Å²) in [5.74, 6) is 0. The van der Waals surface area contributed by atoms with Crippen LogP contribution in [0.2, 0.25) is 0 Å². The van der Waals surface area contributed by atoms with E-state index in [9.17, 15) is 0 Å². The maximum atomic E-state index is 5.78. The van der Waals surface area contributed by atoms with Gasteiger partial charge >= 0.3 is 0 Å². The van der Waals surface area contributed by atoms with Gasteiger partial charge in [0.25, 0.3) is 0 Å². The summed E-state index contributed by atoms with van der Waals surface area (Å²) in [7, 11) is 3.59. The van der Waals surface area contributed by atoms with E-state index in [-0.39, 0.29) is 0 Å². The maximum Gasteiger partial charge on any atom is 0.169 e. The van der Waals surface area contributed by atoms with Gasteiger partial charge in [0, 0.05) is 24.5 Å². The van der Waals surface area contributed by atoms with Gasteiger partial charge in [-0.2, -0.15) is 0 Å². The summed E-state index contributed by atoms with van der Waals surface area (Å²) in [5, 5.41) is 0. The summed E-state index contributed by atoms with van der Waals surface area (Å²) in [4.78, 5) is 0. The van der Waals surface area contributed by atoms with E-state index in [1.54, 1.807) is 0 Å². The number of nitrogen functional groups attached to an aromatic ring is 1. The van der Waals surface area contributed by atoms with E-state index in [0.29, 0.717) is 18.9 Å². The summed E-state index contributed by atoms with van der Waals surface area (Å²) in [6.07, 6.45) is 1.87. The highest BCUT2D eigenvalue weighted by Gasteiger charge is 2.28. The zero-order valence-corrected chi connectivity index (χ0v) is 11.5. The SMILES string of the molecule is CCCOC([Si])(OCCC)c1cccc(N)c1. The van der Waals surface area contributed by atoms with E-state index in [2.05, 4.69) is 24.1 Å². The first-order valence-corrected chi connectivity index (χ1v) is 6.51. The van der Waals surface area contributed by atoms with Crippen LogP contribution in [0.4, 0.5) is 5.69 Å². The Morgan fingerprint density at radius 3 is 2.24 bits per heavy atom. The molecule has 2 N–H and O–H groups in total. The Hall–Kier alpha value is -0.843. The molecule has 1 aromatic carbocycles. The fourth-order valence-electron chi connectivity index (χ4n) is 1.44. The molecule has 0 aliphatic rings. The van der Waals surface area contributed by atoms with Crippen molar-refractivity contribution in [2.75, 3.05) is 18.9 Å². The van der Waals surface area contributed by atoms with Crippen LogP contribution in [0, 0.1) is 0 Å². The van der Waals surface area contributed by atoms with E-state index in [1.165, 1.54) is 0 Å². The van der Waals surface area contributed by atoms with E-state index in [0.717, 1.165) is 18.4 Å². The first-order valence-electron chi connectivity index (χ1n) is 6.01. The van der Waals surface area contributed by atoms with Gasteiger partial charge in [-0.25, -0.2) is 0 Å². The van der Waals surface area contributed by atoms with Crippen LogP contribution >= 0.6 is 0 Å². The van der Waals surface area contributed by atoms with Crippen LogP contribution in [0.25, 0.3) is 0 Å². The Morgan fingerprint density at radius 2 is 1.76 bits per heavy atom. The highest BCUT2D eigenvalue weighted by Crippen LogP contribution is 2.25. The average Bonchev–Trinajstić information content (AvgIpc) is 2.34. The van der Waals surface area contributed by atoms with Gasteiger partial charge in [-0.05, 0) is 25.0 Å². The molecule has 0 unspecified atom stereocenters. The Morgan fingerprint density at radius 1 is 1.18 bits per heavy atom. The van der Waals surface area contributed by atoms with Crippen molar-refractivity contribution in [2.45, 2.75) is 32.1 Å². The minimum Gasteiger partial charge on any atom is -0.399 e. The number of anilines is 1. The fraction of sp³-hybridized carbons (Fsp3) is 0.538. The van der Waals surface area contributed by atoms with Crippen LogP contribution in [0.15, 0.2) is 24.3 Å². The van der Waals surface area contributed by atoms with Crippen LogP contribution < -0.4 is 5.73 Å². The van der Waals surface area contributed by atoms with Crippen LogP contribution in [-0.4, -0.2) is 23.5 Å². The second kappa shape index (κ2) is 6.79. The van der Waals surface area contributed by atoms with Gasteiger partial charge in [-0.3, -0.25) is 0 Å². The number of ether oxygens (including phenoxy) is 2. The van der Waals surface area contributed by atoms with E-state index < -0.39 is 5.41 Å². The van der Waals surface area contributed by atoms with Gasteiger partial charge in [-0.15, -0.1) is 0 Å². The lowest BCUT2D eigenvalue weighted by molar-refractivity contribution is -0.186. The van der Waals surface area contributed by atoms with Crippen molar-refractivity contribution in [3.05, 3.63) is 29.8 Å². The molecule has 1 aromatic rings. The molecule has 0 aromatic heterocycles.